The molecule has 4 rings (SSSR count). The van der Waals surface area contributed by atoms with Gasteiger partial charge in [0.15, 0.2) is 0 Å². The standard InChI is InChI=1S/C14H16ClN3/c15-12-4-2-1-3-11(12)9-13-14(17-16)10-5-7-18(13)8-6-10/h1-4,9-10H,5-8,16H2/b13-9+,17-14+. The fraction of sp³-hybridized carbons (Fsp3) is 0.357. The maximum Gasteiger partial charge on any atom is 0.0865 e. The number of allylic oxidation sites excluding steroid dienone is 1. The van der Waals surface area contributed by atoms with Crippen LogP contribution in [0.1, 0.15) is 18.4 Å². The topological polar surface area (TPSA) is 41.6 Å². The number of nitrogens with zero attached hydrogens (tertiary/aromatic N) is 2. The van der Waals surface area contributed by atoms with E-state index >= 15 is 0 Å². The third-order valence-electron chi connectivity index (χ3n) is 3.82. The van der Waals surface area contributed by atoms with E-state index in [9.17, 15) is 0 Å². The summed E-state index contributed by atoms with van der Waals surface area (Å²) in [6, 6.07) is 7.86. The number of halogens is 1. The molecule has 0 atom stereocenters. The highest BCUT2D eigenvalue weighted by Gasteiger charge is 2.34. The lowest BCUT2D eigenvalue weighted by Crippen LogP contribution is -2.46. The highest BCUT2D eigenvalue weighted by Crippen LogP contribution is 2.33. The van der Waals surface area contributed by atoms with Crippen LogP contribution in [0.2, 0.25) is 5.02 Å². The van der Waals surface area contributed by atoms with Crippen molar-refractivity contribution in [3.8, 4) is 0 Å². The van der Waals surface area contributed by atoms with Crippen molar-refractivity contribution in [1.29, 1.82) is 0 Å². The smallest absolute Gasteiger partial charge is 0.0865 e. The van der Waals surface area contributed by atoms with E-state index in [4.69, 9.17) is 17.4 Å². The average molecular weight is 262 g/mol. The molecule has 3 nitrogen and oxygen atoms in total. The molecule has 18 heavy (non-hydrogen) atoms. The number of hydrogen-bond acceptors (Lipinski definition) is 3. The van der Waals surface area contributed by atoms with Gasteiger partial charge in [-0.15, -0.1) is 0 Å². The fourth-order valence-corrected chi connectivity index (χ4v) is 3.03. The molecule has 0 aromatic heterocycles. The summed E-state index contributed by atoms with van der Waals surface area (Å²) >= 11 is 6.20. The van der Waals surface area contributed by atoms with Crippen LogP contribution < -0.4 is 5.84 Å². The van der Waals surface area contributed by atoms with Gasteiger partial charge in [0.1, 0.15) is 0 Å². The Balaban J connectivity index is 2.02. The zero-order valence-corrected chi connectivity index (χ0v) is 10.9. The molecule has 4 heteroatoms. The van der Waals surface area contributed by atoms with E-state index in [1.165, 1.54) is 0 Å². The van der Waals surface area contributed by atoms with Gasteiger partial charge in [-0.3, -0.25) is 0 Å². The van der Waals surface area contributed by atoms with E-state index in [0.717, 1.165) is 47.9 Å². The van der Waals surface area contributed by atoms with Crippen LogP contribution in [0.25, 0.3) is 6.08 Å². The first-order valence-electron chi connectivity index (χ1n) is 6.29. The van der Waals surface area contributed by atoms with E-state index in [-0.39, 0.29) is 0 Å². The second-order valence-electron chi connectivity index (χ2n) is 4.83. The summed E-state index contributed by atoms with van der Waals surface area (Å²) in [7, 11) is 0. The van der Waals surface area contributed by atoms with Crippen molar-refractivity contribution < 1.29 is 0 Å². The first-order chi connectivity index (χ1) is 8.79. The fourth-order valence-electron chi connectivity index (χ4n) is 2.84. The summed E-state index contributed by atoms with van der Waals surface area (Å²) in [5.41, 5.74) is 3.21. The van der Waals surface area contributed by atoms with Crippen molar-refractivity contribution in [1.82, 2.24) is 4.90 Å². The number of nitrogens with two attached hydrogens (primary N) is 1. The second-order valence-corrected chi connectivity index (χ2v) is 5.23. The van der Waals surface area contributed by atoms with Gasteiger partial charge in [0, 0.05) is 24.0 Å². The monoisotopic (exact) mass is 261 g/mol. The lowest BCUT2D eigenvalue weighted by atomic mass is 9.83. The number of hydrazone groups is 1. The molecule has 0 spiro atoms. The second kappa shape index (κ2) is 4.65. The van der Waals surface area contributed by atoms with Gasteiger partial charge in [0.05, 0.1) is 11.4 Å². The molecular formula is C14H16ClN3. The van der Waals surface area contributed by atoms with Gasteiger partial charge < -0.3 is 10.7 Å². The van der Waals surface area contributed by atoms with Gasteiger partial charge in [-0.05, 0) is 30.5 Å². The van der Waals surface area contributed by atoms with Gasteiger partial charge in [-0.1, -0.05) is 29.8 Å². The van der Waals surface area contributed by atoms with E-state index in [2.05, 4.69) is 16.1 Å². The average Bonchev–Trinajstić information content (AvgIpc) is 2.42. The molecule has 94 valence electrons. The van der Waals surface area contributed by atoms with Crippen molar-refractivity contribution in [2.24, 2.45) is 16.9 Å². The first kappa shape index (κ1) is 11.6. The molecule has 2 bridgehead atoms. The maximum absolute atomic E-state index is 6.20. The van der Waals surface area contributed by atoms with Crippen LogP contribution in [0.15, 0.2) is 35.1 Å². The lowest BCUT2D eigenvalue weighted by Gasteiger charge is -2.43. The van der Waals surface area contributed by atoms with Crippen molar-refractivity contribution >= 4 is 23.4 Å². The summed E-state index contributed by atoms with van der Waals surface area (Å²) in [6.45, 7) is 2.19. The molecule has 2 N–H and O–H groups in total. The molecule has 0 saturated carbocycles. The van der Waals surface area contributed by atoms with Gasteiger partial charge in [-0.2, -0.15) is 5.10 Å². The Morgan fingerprint density at radius 3 is 2.67 bits per heavy atom. The summed E-state index contributed by atoms with van der Waals surface area (Å²) in [5, 5.41) is 4.77. The quantitative estimate of drug-likeness (QED) is 0.624. The van der Waals surface area contributed by atoms with Crippen LogP contribution in [0.5, 0.6) is 0 Å². The molecule has 0 unspecified atom stereocenters. The van der Waals surface area contributed by atoms with Gasteiger partial charge in [0.2, 0.25) is 0 Å². The maximum atomic E-state index is 6.20. The highest BCUT2D eigenvalue weighted by atomic mass is 35.5. The van der Waals surface area contributed by atoms with Gasteiger partial charge >= 0.3 is 0 Å². The minimum atomic E-state index is 0.522. The summed E-state index contributed by atoms with van der Waals surface area (Å²) in [6.07, 6.45) is 4.44. The molecule has 3 saturated heterocycles. The van der Waals surface area contributed by atoms with Crippen LogP contribution in [-0.4, -0.2) is 23.7 Å². The van der Waals surface area contributed by atoms with Crippen molar-refractivity contribution in [2.45, 2.75) is 12.8 Å². The Hall–Kier alpha value is -1.48. The van der Waals surface area contributed by atoms with Crippen LogP contribution in [0, 0.1) is 5.92 Å². The van der Waals surface area contributed by atoms with Crippen molar-refractivity contribution in [3.63, 3.8) is 0 Å². The van der Waals surface area contributed by atoms with E-state index in [1.54, 1.807) is 0 Å². The number of benzene rings is 1. The largest absolute Gasteiger partial charge is 0.370 e. The number of piperidine rings is 3. The Labute approximate surface area is 112 Å². The third-order valence-corrected chi connectivity index (χ3v) is 4.17. The molecule has 3 fully saturated rings. The number of hydrogen-bond donors (Lipinski definition) is 1. The van der Waals surface area contributed by atoms with E-state index in [1.807, 2.05) is 24.3 Å². The first-order valence-corrected chi connectivity index (χ1v) is 6.66. The SMILES string of the molecule is N/N=C1/C(=C\c2ccccc2Cl)N2CCC1CC2. The lowest BCUT2D eigenvalue weighted by molar-refractivity contribution is 0.242. The van der Waals surface area contributed by atoms with Crippen LogP contribution in [0.4, 0.5) is 0 Å². The van der Waals surface area contributed by atoms with Crippen molar-refractivity contribution in [2.75, 3.05) is 13.1 Å². The Morgan fingerprint density at radius 1 is 1.28 bits per heavy atom. The Bertz CT molecular complexity index is 514. The van der Waals surface area contributed by atoms with E-state index < -0.39 is 0 Å². The van der Waals surface area contributed by atoms with Gasteiger partial charge in [0.25, 0.3) is 0 Å². The molecule has 3 aliphatic rings. The number of fused-ring (bicyclic) bond motifs is 3. The van der Waals surface area contributed by atoms with E-state index in [0.29, 0.717) is 5.92 Å². The van der Waals surface area contributed by atoms with Crippen LogP contribution in [-0.2, 0) is 0 Å². The Morgan fingerprint density at radius 2 is 2.00 bits per heavy atom. The van der Waals surface area contributed by atoms with Crippen molar-refractivity contribution in [3.05, 3.63) is 40.5 Å². The molecule has 3 heterocycles. The predicted octanol–water partition coefficient (Wildman–Crippen LogP) is 2.72. The molecule has 0 amide bonds. The van der Waals surface area contributed by atoms with Crippen LogP contribution >= 0.6 is 11.6 Å². The zero-order chi connectivity index (χ0) is 12.5. The molecule has 1 aromatic carbocycles. The minimum absolute atomic E-state index is 0.522. The third kappa shape index (κ3) is 1.89. The summed E-state index contributed by atoms with van der Waals surface area (Å²) in [5.74, 6) is 6.08. The van der Waals surface area contributed by atoms with Crippen LogP contribution in [0.3, 0.4) is 0 Å². The summed E-state index contributed by atoms with van der Waals surface area (Å²) in [4.78, 5) is 2.36. The number of rotatable bonds is 1. The normalized spacial score (nSPS) is 24.2. The Kier molecular flexibility index (Phi) is 3.00. The predicted molar refractivity (Wildman–Crippen MR) is 75.3 cm³/mol. The highest BCUT2D eigenvalue weighted by molar-refractivity contribution is 6.32. The minimum Gasteiger partial charge on any atom is -0.370 e. The summed E-state index contributed by atoms with van der Waals surface area (Å²) < 4.78 is 0. The van der Waals surface area contributed by atoms with Gasteiger partial charge in [-0.25, -0.2) is 0 Å². The molecule has 1 aromatic rings. The zero-order valence-electron chi connectivity index (χ0n) is 10.1. The molecule has 3 aliphatic heterocycles. The molecule has 0 aliphatic carbocycles. The molecular weight excluding hydrogens is 246 g/mol. The molecule has 0 radical (unpaired) electrons.